The molecule has 0 atom stereocenters. The van der Waals surface area contributed by atoms with Gasteiger partial charge >= 0.3 is 0 Å². The highest BCUT2D eigenvalue weighted by molar-refractivity contribution is 5.95. The van der Waals surface area contributed by atoms with Gasteiger partial charge in [0, 0.05) is 36.0 Å². The van der Waals surface area contributed by atoms with Crippen LogP contribution >= 0.6 is 0 Å². The number of pyridine rings is 1. The van der Waals surface area contributed by atoms with Gasteiger partial charge in [0.1, 0.15) is 12.3 Å². The van der Waals surface area contributed by atoms with Gasteiger partial charge < -0.3 is 14.8 Å². The Balaban J connectivity index is 1.87. The van der Waals surface area contributed by atoms with Gasteiger partial charge in [-0.1, -0.05) is 0 Å². The Labute approximate surface area is 132 Å². The van der Waals surface area contributed by atoms with Crippen molar-refractivity contribution < 1.29 is 14.3 Å². The third-order valence-electron chi connectivity index (χ3n) is 3.34. The topological polar surface area (TPSA) is 89.1 Å². The van der Waals surface area contributed by atoms with Crippen molar-refractivity contribution in [2.75, 3.05) is 25.6 Å². The van der Waals surface area contributed by atoms with E-state index in [-0.39, 0.29) is 0 Å². The Morgan fingerprint density at radius 1 is 1.26 bits per heavy atom. The zero-order valence-corrected chi connectivity index (χ0v) is 12.6. The number of nitrogens with one attached hydrogen (secondary N) is 2. The number of benzene rings is 1. The van der Waals surface area contributed by atoms with Gasteiger partial charge in [-0.05, 0) is 24.3 Å². The summed E-state index contributed by atoms with van der Waals surface area (Å²) in [5, 5.41) is 10.8. The highest BCUT2D eigenvalue weighted by atomic mass is 16.5. The van der Waals surface area contributed by atoms with Crippen LogP contribution in [0.5, 0.6) is 5.88 Å². The maximum atomic E-state index is 10.6. The van der Waals surface area contributed by atoms with Crippen LogP contribution in [0.3, 0.4) is 0 Å². The monoisotopic (exact) mass is 312 g/mol. The van der Waals surface area contributed by atoms with Gasteiger partial charge in [0.05, 0.1) is 12.1 Å². The third-order valence-corrected chi connectivity index (χ3v) is 3.34. The van der Waals surface area contributed by atoms with Crippen LogP contribution < -0.4 is 10.1 Å². The normalized spacial score (nSPS) is 10.7. The van der Waals surface area contributed by atoms with Crippen LogP contribution in [0.25, 0.3) is 22.2 Å². The number of amides is 1. The summed E-state index contributed by atoms with van der Waals surface area (Å²) in [4.78, 5) is 14.9. The molecule has 3 rings (SSSR count). The number of nitrogens with zero attached hydrogens (tertiary/aromatic N) is 2. The zero-order chi connectivity index (χ0) is 16.1. The molecule has 23 heavy (non-hydrogen) atoms. The van der Waals surface area contributed by atoms with Crippen molar-refractivity contribution >= 4 is 23.0 Å². The van der Waals surface area contributed by atoms with E-state index in [9.17, 15) is 4.79 Å². The molecule has 1 aromatic carbocycles. The summed E-state index contributed by atoms with van der Waals surface area (Å²) in [6.07, 6.45) is 2.35. The first kappa shape index (κ1) is 15.0. The minimum atomic E-state index is 0.453. The average Bonchev–Trinajstić information content (AvgIpc) is 2.99. The van der Waals surface area contributed by atoms with Gasteiger partial charge in [-0.2, -0.15) is 5.10 Å². The fourth-order valence-electron chi connectivity index (χ4n) is 2.23. The molecule has 0 aliphatic rings. The molecule has 0 bridgehead atoms. The van der Waals surface area contributed by atoms with E-state index in [1.165, 1.54) is 0 Å². The minimum absolute atomic E-state index is 0.453. The molecule has 0 unspecified atom stereocenters. The molecule has 3 aromatic rings. The van der Waals surface area contributed by atoms with Crippen molar-refractivity contribution in [2.45, 2.75) is 0 Å². The fourth-order valence-corrected chi connectivity index (χ4v) is 2.23. The van der Waals surface area contributed by atoms with E-state index in [2.05, 4.69) is 20.5 Å². The van der Waals surface area contributed by atoms with Gasteiger partial charge in [0.2, 0.25) is 12.3 Å². The van der Waals surface area contributed by atoms with Crippen LogP contribution in [0, 0.1) is 0 Å². The fraction of sp³-hybridized carbons (Fsp3) is 0.188. The van der Waals surface area contributed by atoms with Crippen LogP contribution in [0.4, 0.5) is 5.69 Å². The average molecular weight is 312 g/mol. The van der Waals surface area contributed by atoms with E-state index in [4.69, 9.17) is 9.47 Å². The van der Waals surface area contributed by atoms with E-state index >= 15 is 0 Å². The van der Waals surface area contributed by atoms with Crippen LogP contribution in [0.2, 0.25) is 0 Å². The van der Waals surface area contributed by atoms with Crippen molar-refractivity contribution in [3.63, 3.8) is 0 Å². The highest BCUT2D eigenvalue weighted by Gasteiger charge is 2.09. The SMILES string of the molecule is COCCOc1ccc(-c2n[nH]c3ccc(NC=O)cc23)cn1. The lowest BCUT2D eigenvalue weighted by Gasteiger charge is -2.05. The molecule has 0 aliphatic carbocycles. The van der Waals surface area contributed by atoms with Gasteiger partial charge in [-0.15, -0.1) is 0 Å². The molecular weight excluding hydrogens is 296 g/mol. The summed E-state index contributed by atoms with van der Waals surface area (Å²) in [6, 6.07) is 9.23. The highest BCUT2D eigenvalue weighted by Crippen LogP contribution is 2.28. The molecule has 0 aliphatic heterocycles. The predicted molar refractivity (Wildman–Crippen MR) is 86.4 cm³/mol. The van der Waals surface area contributed by atoms with Gasteiger partial charge in [0.15, 0.2) is 0 Å². The number of H-pyrrole nitrogens is 1. The molecule has 1 amide bonds. The number of rotatable bonds is 7. The van der Waals surface area contributed by atoms with Crippen LogP contribution in [-0.4, -0.2) is 41.9 Å². The Morgan fingerprint density at radius 3 is 2.91 bits per heavy atom. The van der Waals surface area contributed by atoms with Gasteiger partial charge in [-0.25, -0.2) is 4.98 Å². The standard InChI is InChI=1S/C16H16N4O3/c1-22-6-7-23-15-5-2-11(9-17-15)16-13-8-12(18-10-21)3-4-14(13)19-20-16/h2-5,8-10H,6-7H2,1H3,(H,18,21)(H,19,20). The van der Waals surface area contributed by atoms with Gasteiger partial charge in [-0.3, -0.25) is 9.89 Å². The van der Waals surface area contributed by atoms with E-state index in [0.29, 0.717) is 31.2 Å². The van der Waals surface area contributed by atoms with E-state index in [0.717, 1.165) is 22.2 Å². The number of carbonyl (C=O) groups excluding carboxylic acids is 1. The lowest BCUT2D eigenvalue weighted by atomic mass is 10.1. The van der Waals surface area contributed by atoms with Crippen LogP contribution in [-0.2, 0) is 9.53 Å². The first-order valence-electron chi connectivity index (χ1n) is 7.08. The van der Waals surface area contributed by atoms with Crippen molar-refractivity contribution in [1.29, 1.82) is 0 Å². The number of methoxy groups -OCH3 is 1. The summed E-state index contributed by atoms with van der Waals surface area (Å²) >= 11 is 0. The second-order valence-corrected chi connectivity index (χ2v) is 4.82. The third kappa shape index (κ3) is 3.29. The van der Waals surface area contributed by atoms with Crippen molar-refractivity contribution in [1.82, 2.24) is 15.2 Å². The van der Waals surface area contributed by atoms with E-state index < -0.39 is 0 Å². The Hall–Kier alpha value is -2.93. The Morgan fingerprint density at radius 2 is 2.17 bits per heavy atom. The summed E-state index contributed by atoms with van der Waals surface area (Å²) in [6.45, 7) is 0.967. The van der Waals surface area contributed by atoms with Gasteiger partial charge in [0.25, 0.3) is 0 Å². The second-order valence-electron chi connectivity index (χ2n) is 4.82. The molecular formula is C16H16N4O3. The molecule has 0 saturated carbocycles. The first-order valence-corrected chi connectivity index (χ1v) is 7.08. The van der Waals surface area contributed by atoms with E-state index in [1.807, 2.05) is 24.3 Å². The number of anilines is 1. The smallest absolute Gasteiger partial charge is 0.213 e. The lowest BCUT2D eigenvalue weighted by molar-refractivity contribution is -0.105. The molecule has 2 N–H and O–H groups in total. The number of hydrogen-bond donors (Lipinski definition) is 2. The van der Waals surface area contributed by atoms with E-state index in [1.54, 1.807) is 19.4 Å². The molecule has 0 fully saturated rings. The Bertz CT molecular complexity index is 799. The van der Waals surface area contributed by atoms with Crippen LogP contribution in [0.1, 0.15) is 0 Å². The second kappa shape index (κ2) is 6.89. The largest absolute Gasteiger partial charge is 0.475 e. The molecule has 118 valence electrons. The number of fused-ring (bicyclic) bond motifs is 1. The molecule has 7 heteroatoms. The lowest BCUT2D eigenvalue weighted by Crippen LogP contribution is -2.05. The summed E-state index contributed by atoms with van der Waals surface area (Å²) in [5.74, 6) is 0.536. The molecule has 0 saturated heterocycles. The maximum Gasteiger partial charge on any atom is 0.213 e. The van der Waals surface area contributed by atoms with Crippen molar-refractivity contribution in [2.24, 2.45) is 0 Å². The van der Waals surface area contributed by atoms with Crippen LogP contribution in [0.15, 0.2) is 36.5 Å². The number of ether oxygens (including phenoxy) is 2. The molecule has 0 radical (unpaired) electrons. The quantitative estimate of drug-likeness (QED) is 0.516. The zero-order valence-electron chi connectivity index (χ0n) is 12.6. The first-order chi connectivity index (χ1) is 11.3. The predicted octanol–water partition coefficient (Wildman–Crippen LogP) is 2.22. The summed E-state index contributed by atoms with van der Waals surface area (Å²) in [7, 11) is 1.62. The Kier molecular flexibility index (Phi) is 4.49. The summed E-state index contributed by atoms with van der Waals surface area (Å²) < 4.78 is 10.4. The molecule has 2 aromatic heterocycles. The van der Waals surface area contributed by atoms with Crippen molar-refractivity contribution in [3.8, 4) is 17.1 Å². The molecule has 0 spiro atoms. The number of aromatic amines is 1. The minimum Gasteiger partial charge on any atom is -0.475 e. The molecule has 7 nitrogen and oxygen atoms in total. The maximum absolute atomic E-state index is 10.6. The number of hydrogen-bond acceptors (Lipinski definition) is 5. The number of aromatic nitrogens is 3. The number of carbonyl (C=O) groups is 1. The van der Waals surface area contributed by atoms with Crippen molar-refractivity contribution in [3.05, 3.63) is 36.5 Å². The summed E-state index contributed by atoms with van der Waals surface area (Å²) in [5.41, 5.74) is 3.23. The molecule has 2 heterocycles.